The van der Waals surface area contributed by atoms with Gasteiger partial charge in [0.05, 0.1) is 0 Å². The molecule has 0 saturated heterocycles. The van der Waals surface area contributed by atoms with Crippen LogP contribution in [0, 0.1) is 0 Å². The lowest BCUT2D eigenvalue weighted by Gasteiger charge is -1.81. The van der Waals surface area contributed by atoms with Gasteiger partial charge < -0.3 is 0 Å². The van der Waals surface area contributed by atoms with Gasteiger partial charge in [-0.25, -0.2) is 0 Å². The van der Waals surface area contributed by atoms with E-state index in [1.165, 1.54) is 17.4 Å². The van der Waals surface area contributed by atoms with Crippen molar-refractivity contribution in [3.8, 4) is 0 Å². The molecule has 0 N–H and O–H groups in total. The molecule has 0 aliphatic carbocycles. The monoisotopic (exact) mass is 105 g/mol. The lowest BCUT2D eigenvalue weighted by molar-refractivity contribution is 0.884. The third kappa shape index (κ3) is 9.11. The summed E-state index contributed by atoms with van der Waals surface area (Å²) in [6.45, 7) is 2.22. The Morgan fingerprint density at radius 1 is 1.50 bits per heavy atom. The van der Waals surface area contributed by atoms with Crippen LogP contribution in [-0.4, -0.2) is 44.8 Å². The maximum atomic E-state index is 2.22. The van der Waals surface area contributed by atoms with E-state index in [2.05, 4.69) is 6.92 Å². The SMILES string of the molecule is CCC[CH2][Mg].[Mg]. The van der Waals surface area contributed by atoms with Gasteiger partial charge in [-0.1, -0.05) is 19.8 Å². The Kier molecular flexibility index (Phi) is 17.0. The first-order valence-corrected chi connectivity index (χ1v) is 3.21. The van der Waals surface area contributed by atoms with Crippen molar-refractivity contribution < 1.29 is 0 Å². The van der Waals surface area contributed by atoms with Crippen LogP contribution in [-0.2, 0) is 0 Å². The average Bonchev–Trinajstić information content (AvgIpc) is 1.41. The summed E-state index contributed by atoms with van der Waals surface area (Å²) in [5.41, 5.74) is 0. The summed E-state index contributed by atoms with van der Waals surface area (Å²) in [7, 11) is 0. The van der Waals surface area contributed by atoms with Gasteiger partial charge in [0.1, 0.15) is 0 Å². The first-order valence-electron chi connectivity index (χ1n) is 2.21. The molecule has 0 spiro atoms. The largest absolute Gasteiger partial charge is 0.222 e. The maximum absolute atomic E-state index is 2.22. The number of hydrogen-bond donors (Lipinski definition) is 0. The van der Waals surface area contributed by atoms with E-state index in [1.54, 1.807) is 0 Å². The predicted octanol–water partition coefficient (Wildman–Crippen LogP) is 0.992. The minimum absolute atomic E-state index is 0. The average molecular weight is 106 g/mol. The van der Waals surface area contributed by atoms with Crippen LogP contribution in [0.15, 0.2) is 0 Å². The van der Waals surface area contributed by atoms with E-state index >= 15 is 0 Å². The molecule has 0 aliphatic heterocycles. The fraction of sp³-hybridized carbons (Fsp3) is 1.00. The quantitative estimate of drug-likeness (QED) is 0.460. The summed E-state index contributed by atoms with van der Waals surface area (Å²) < 4.78 is 1.37. The Morgan fingerprint density at radius 2 is 2.00 bits per heavy atom. The molecule has 0 nitrogen and oxygen atoms in total. The molecule has 29 valence electrons. The normalized spacial score (nSPS) is 6.67. The fourth-order valence-corrected chi connectivity index (χ4v) is 0.750. The fourth-order valence-electron chi connectivity index (χ4n) is 0.250. The highest BCUT2D eigenvalue weighted by Gasteiger charge is 1.67. The summed E-state index contributed by atoms with van der Waals surface area (Å²) in [6, 6.07) is 0. The van der Waals surface area contributed by atoms with E-state index in [-0.39, 0.29) is 23.1 Å². The number of rotatable bonds is 2. The second-order valence-electron chi connectivity index (χ2n) is 1.21. The second kappa shape index (κ2) is 9.73. The van der Waals surface area contributed by atoms with Gasteiger partial charge in [0.25, 0.3) is 0 Å². The Hall–Kier alpha value is 1.53. The van der Waals surface area contributed by atoms with Crippen molar-refractivity contribution in [1.29, 1.82) is 0 Å². The van der Waals surface area contributed by atoms with Crippen molar-refractivity contribution in [2.45, 2.75) is 24.3 Å². The molecule has 0 aromatic rings. The molecule has 2 heteroatoms. The smallest absolute Gasteiger partial charge is 0.177 e. The highest BCUT2D eigenvalue weighted by Crippen LogP contribution is 1.86. The highest BCUT2D eigenvalue weighted by atomic mass is 24.4. The van der Waals surface area contributed by atoms with Crippen molar-refractivity contribution in [2.24, 2.45) is 0 Å². The summed E-state index contributed by atoms with van der Waals surface area (Å²) >= 11 is 2.05. The Morgan fingerprint density at radius 3 is 2.00 bits per heavy atom. The van der Waals surface area contributed by atoms with Gasteiger partial charge in [-0.3, -0.25) is 0 Å². The lowest BCUT2D eigenvalue weighted by Crippen LogP contribution is -1.63. The zero-order valence-corrected chi connectivity index (χ0v) is 7.36. The standard InChI is InChI=1S/C4H9.2Mg/c1-3-4-2;;/h1,3-4H2,2H3;;. The van der Waals surface area contributed by atoms with Crippen LogP contribution in [0.4, 0.5) is 0 Å². The minimum atomic E-state index is 0. The van der Waals surface area contributed by atoms with Crippen LogP contribution in [0.1, 0.15) is 19.8 Å². The topological polar surface area (TPSA) is 0 Å². The molecular formula is C4H9Mg2. The zero-order valence-electron chi connectivity index (χ0n) is 4.54. The lowest BCUT2D eigenvalue weighted by atomic mass is 10.4. The van der Waals surface area contributed by atoms with Crippen LogP contribution in [0.25, 0.3) is 0 Å². The van der Waals surface area contributed by atoms with E-state index in [4.69, 9.17) is 0 Å². The maximum Gasteiger partial charge on any atom is 0.222 e. The Labute approximate surface area is 68.7 Å². The molecular weight excluding hydrogens is 96.7 g/mol. The number of unbranched alkanes of at least 4 members (excludes halogenated alkanes) is 1. The molecule has 3 radical (unpaired) electrons. The summed E-state index contributed by atoms with van der Waals surface area (Å²) in [5, 5.41) is 0. The molecule has 0 saturated carbocycles. The van der Waals surface area contributed by atoms with Crippen LogP contribution in [0.3, 0.4) is 0 Å². The van der Waals surface area contributed by atoms with Gasteiger partial charge in [-0.05, 0) is 0 Å². The van der Waals surface area contributed by atoms with Crippen molar-refractivity contribution in [1.82, 2.24) is 0 Å². The van der Waals surface area contributed by atoms with Crippen LogP contribution < -0.4 is 0 Å². The summed E-state index contributed by atoms with van der Waals surface area (Å²) in [6.07, 6.45) is 2.75. The second-order valence-corrected chi connectivity index (χ2v) is 1.91. The van der Waals surface area contributed by atoms with E-state index in [0.717, 1.165) is 0 Å². The third-order valence-corrected chi connectivity index (χ3v) is 1.10. The highest BCUT2D eigenvalue weighted by molar-refractivity contribution is 6.08. The van der Waals surface area contributed by atoms with Gasteiger partial charge in [0, 0.05) is 23.1 Å². The molecule has 0 aromatic heterocycles. The molecule has 0 amide bonds. The molecule has 0 unspecified atom stereocenters. The van der Waals surface area contributed by atoms with Gasteiger partial charge in [0.2, 0.25) is 21.7 Å². The van der Waals surface area contributed by atoms with Crippen molar-refractivity contribution >= 4 is 44.8 Å². The van der Waals surface area contributed by atoms with Gasteiger partial charge in [0.15, 0.2) is 0 Å². The Bertz CT molecular complexity index is 13.0. The summed E-state index contributed by atoms with van der Waals surface area (Å²) in [4.78, 5) is 0. The molecule has 0 heterocycles. The minimum Gasteiger partial charge on any atom is -0.177 e. The third-order valence-electron chi connectivity index (χ3n) is 0.604. The predicted molar refractivity (Wildman–Crippen MR) is 31.2 cm³/mol. The summed E-state index contributed by atoms with van der Waals surface area (Å²) in [5.74, 6) is 0. The number of hydrogen-bond acceptors (Lipinski definition) is 0. The van der Waals surface area contributed by atoms with E-state index in [1.807, 2.05) is 21.7 Å². The molecule has 0 fully saturated rings. The molecule has 0 atom stereocenters. The van der Waals surface area contributed by atoms with Gasteiger partial charge >= 0.3 is 0 Å². The molecule has 0 aromatic carbocycles. The van der Waals surface area contributed by atoms with E-state index in [0.29, 0.717) is 0 Å². The van der Waals surface area contributed by atoms with Crippen LogP contribution >= 0.6 is 0 Å². The van der Waals surface area contributed by atoms with Crippen molar-refractivity contribution in [2.75, 3.05) is 0 Å². The van der Waals surface area contributed by atoms with E-state index in [9.17, 15) is 0 Å². The molecule has 6 heavy (non-hydrogen) atoms. The van der Waals surface area contributed by atoms with Crippen molar-refractivity contribution in [3.05, 3.63) is 0 Å². The zero-order chi connectivity index (χ0) is 4.12. The Balaban J connectivity index is 0. The first-order chi connectivity index (χ1) is 2.41. The van der Waals surface area contributed by atoms with Gasteiger partial charge in [-0.2, -0.15) is 4.55 Å². The van der Waals surface area contributed by atoms with Gasteiger partial charge in [-0.15, -0.1) is 0 Å². The van der Waals surface area contributed by atoms with Crippen LogP contribution in [0.2, 0.25) is 4.55 Å². The van der Waals surface area contributed by atoms with Crippen molar-refractivity contribution in [3.63, 3.8) is 0 Å². The van der Waals surface area contributed by atoms with Crippen LogP contribution in [0.5, 0.6) is 0 Å². The first kappa shape index (κ1) is 10.5. The molecule has 0 aliphatic rings. The molecule has 0 bridgehead atoms. The van der Waals surface area contributed by atoms with E-state index < -0.39 is 0 Å². The molecule has 0 rings (SSSR count).